The van der Waals surface area contributed by atoms with Gasteiger partial charge in [-0.05, 0) is 40.5 Å². The highest BCUT2D eigenvalue weighted by atomic mass is 79.9. The highest BCUT2D eigenvalue weighted by Gasteiger charge is 1.93. The molecule has 1 rings (SSSR count). The maximum atomic E-state index is 4.93. The molecule has 0 radical (unpaired) electrons. The topological polar surface area (TPSA) is 34.1 Å². The van der Waals surface area contributed by atoms with Crippen LogP contribution in [0.3, 0.4) is 0 Å². The second kappa shape index (κ2) is 6.92. The van der Waals surface area contributed by atoms with E-state index < -0.39 is 0 Å². The quantitative estimate of drug-likeness (QED) is 0.622. The average Bonchev–Trinajstić information content (AvgIpc) is 2.21. The lowest BCUT2D eigenvalue weighted by Crippen LogP contribution is -2.21. The van der Waals surface area contributed by atoms with Crippen LogP contribution in [0.15, 0.2) is 22.9 Å². The smallest absolute Gasteiger partial charge is 0.106 e. The summed E-state index contributed by atoms with van der Waals surface area (Å²) in [4.78, 5) is 4.16. The Morgan fingerprint density at radius 2 is 2.29 bits per heavy atom. The first-order valence-electron chi connectivity index (χ1n) is 4.63. The maximum absolute atomic E-state index is 4.93. The molecule has 0 aliphatic heterocycles. The molecule has 0 amide bonds. The fourth-order valence-electron chi connectivity index (χ4n) is 1.09. The zero-order valence-electron chi connectivity index (χ0n) is 8.29. The van der Waals surface area contributed by atoms with Gasteiger partial charge in [-0.15, -0.1) is 0 Å². The number of nitrogens with one attached hydrogen (secondary N) is 1. The van der Waals surface area contributed by atoms with Crippen LogP contribution in [-0.4, -0.2) is 31.8 Å². The van der Waals surface area contributed by atoms with E-state index >= 15 is 0 Å². The van der Waals surface area contributed by atoms with E-state index in [1.165, 1.54) is 5.56 Å². The Hall–Kier alpha value is -0.450. The molecular weight excluding hydrogens is 244 g/mol. The van der Waals surface area contributed by atoms with Gasteiger partial charge in [0.1, 0.15) is 4.60 Å². The van der Waals surface area contributed by atoms with Crippen molar-refractivity contribution in [2.75, 3.05) is 26.8 Å². The molecule has 3 nitrogen and oxygen atoms in total. The maximum Gasteiger partial charge on any atom is 0.106 e. The van der Waals surface area contributed by atoms with Crippen LogP contribution < -0.4 is 5.32 Å². The zero-order valence-corrected chi connectivity index (χ0v) is 9.88. The van der Waals surface area contributed by atoms with Gasteiger partial charge in [0, 0.05) is 19.9 Å². The van der Waals surface area contributed by atoms with Crippen LogP contribution in [-0.2, 0) is 11.2 Å². The second-order valence-electron chi connectivity index (χ2n) is 2.98. The molecule has 1 aromatic rings. The van der Waals surface area contributed by atoms with Crippen molar-refractivity contribution >= 4 is 15.9 Å². The van der Waals surface area contributed by atoms with Crippen molar-refractivity contribution in [3.8, 4) is 0 Å². The Balaban J connectivity index is 2.15. The van der Waals surface area contributed by atoms with E-state index in [1.54, 1.807) is 7.11 Å². The summed E-state index contributed by atoms with van der Waals surface area (Å²) in [5.74, 6) is 0. The lowest BCUT2D eigenvalue weighted by atomic mass is 10.2. The summed E-state index contributed by atoms with van der Waals surface area (Å²) >= 11 is 3.30. The molecule has 1 heterocycles. The van der Waals surface area contributed by atoms with Gasteiger partial charge >= 0.3 is 0 Å². The van der Waals surface area contributed by atoms with E-state index in [1.807, 2.05) is 12.3 Å². The van der Waals surface area contributed by atoms with E-state index in [4.69, 9.17) is 4.74 Å². The minimum absolute atomic E-state index is 0.762. The molecule has 0 atom stereocenters. The second-order valence-corrected chi connectivity index (χ2v) is 3.79. The van der Waals surface area contributed by atoms with Gasteiger partial charge in [0.05, 0.1) is 6.61 Å². The number of nitrogens with zero attached hydrogens (tertiary/aromatic N) is 1. The standard InChI is InChI=1S/C10H15BrN2O/c1-14-7-6-12-5-4-9-2-3-10(11)13-8-9/h2-3,8,12H,4-7H2,1H3. The molecular formula is C10H15BrN2O. The zero-order chi connectivity index (χ0) is 10.2. The largest absolute Gasteiger partial charge is 0.383 e. The summed E-state index contributed by atoms with van der Waals surface area (Å²) in [6, 6.07) is 4.04. The van der Waals surface area contributed by atoms with E-state index in [-0.39, 0.29) is 0 Å². The monoisotopic (exact) mass is 258 g/mol. The van der Waals surface area contributed by atoms with E-state index in [9.17, 15) is 0 Å². The lowest BCUT2D eigenvalue weighted by molar-refractivity contribution is 0.199. The van der Waals surface area contributed by atoms with E-state index in [2.05, 4.69) is 32.3 Å². The van der Waals surface area contributed by atoms with Crippen LogP contribution in [0.25, 0.3) is 0 Å². The van der Waals surface area contributed by atoms with Crippen molar-refractivity contribution in [1.29, 1.82) is 0 Å². The van der Waals surface area contributed by atoms with Gasteiger partial charge in [0.15, 0.2) is 0 Å². The van der Waals surface area contributed by atoms with Crippen molar-refractivity contribution in [2.24, 2.45) is 0 Å². The molecule has 0 saturated carbocycles. The minimum atomic E-state index is 0.762. The van der Waals surface area contributed by atoms with E-state index in [0.29, 0.717) is 0 Å². The van der Waals surface area contributed by atoms with Crippen molar-refractivity contribution < 1.29 is 4.74 Å². The summed E-state index contributed by atoms with van der Waals surface area (Å²) in [7, 11) is 1.71. The molecule has 0 fully saturated rings. The summed E-state index contributed by atoms with van der Waals surface area (Å²) in [6.07, 6.45) is 2.89. The Morgan fingerprint density at radius 3 is 2.93 bits per heavy atom. The van der Waals surface area contributed by atoms with Gasteiger partial charge in [-0.3, -0.25) is 0 Å². The molecule has 14 heavy (non-hydrogen) atoms. The third-order valence-electron chi connectivity index (χ3n) is 1.86. The SMILES string of the molecule is COCCNCCc1ccc(Br)nc1. The van der Waals surface area contributed by atoms with E-state index in [0.717, 1.165) is 30.7 Å². The normalized spacial score (nSPS) is 10.4. The van der Waals surface area contributed by atoms with Gasteiger partial charge in [-0.2, -0.15) is 0 Å². The number of rotatable bonds is 6. The van der Waals surface area contributed by atoms with Gasteiger partial charge in [-0.1, -0.05) is 6.07 Å². The number of pyridine rings is 1. The summed E-state index contributed by atoms with van der Waals surface area (Å²) < 4.78 is 5.81. The number of aromatic nitrogens is 1. The first-order chi connectivity index (χ1) is 6.83. The predicted octanol–water partition coefficient (Wildman–Crippen LogP) is 1.62. The Labute approximate surface area is 93.0 Å². The predicted molar refractivity (Wildman–Crippen MR) is 60.4 cm³/mol. The molecule has 78 valence electrons. The minimum Gasteiger partial charge on any atom is -0.383 e. The molecule has 0 aromatic carbocycles. The lowest BCUT2D eigenvalue weighted by Gasteiger charge is -2.03. The van der Waals surface area contributed by atoms with Gasteiger partial charge in [0.25, 0.3) is 0 Å². The molecule has 4 heteroatoms. The summed E-state index contributed by atoms with van der Waals surface area (Å²) in [5.41, 5.74) is 1.25. The Kier molecular flexibility index (Phi) is 5.75. The number of methoxy groups -OCH3 is 1. The van der Waals surface area contributed by atoms with Gasteiger partial charge in [0.2, 0.25) is 0 Å². The van der Waals surface area contributed by atoms with Crippen LogP contribution in [0.2, 0.25) is 0 Å². The summed E-state index contributed by atoms with van der Waals surface area (Å²) in [5, 5.41) is 3.28. The van der Waals surface area contributed by atoms with Crippen LogP contribution in [0, 0.1) is 0 Å². The van der Waals surface area contributed by atoms with Crippen molar-refractivity contribution in [3.63, 3.8) is 0 Å². The molecule has 0 bridgehead atoms. The number of hydrogen-bond donors (Lipinski definition) is 1. The molecule has 0 spiro atoms. The average molecular weight is 259 g/mol. The summed E-state index contributed by atoms with van der Waals surface area (Å²) in [6.45, 7) is 2.63. The van der Waals surface area contributed by atoms with Gasteiger partial charge in [-0.25, -0.2) is 4.98 Å². The number of halogens is 1. The molecule has 1 aromatic heterocycles. The van der Waals surface area contributed by atoms with Crippen LogP contribution in [0.5, 0.6) is 0 Å². The Bertz CT molecular complexity index is 251. The molecule has 0 aliphatic carbocycles. The highest BCUT2D eigenvalue weighted by molar-refractivity contribution is 9.10. The van der Waals surface area contributed by atoms with Crippen molar-refractivity contribution in [1.82, 2.24) is 10.3 Å². The number of hydrogen-bond acceptors (Lipinski definition) is 3. The first kappa shape index (κ1) is 11.6. The highest BCUT2D eigenvalue weighted by Crippen LogP contribution is 2.06. The third-order valence-corrected chi connectivity index (χ3v) is 2.33. The molecule has 0 aliphatic rings. The Morgan fingerprint density at radius 1 is 1.43 bits per heavy atom. The van der Waals surface area contributed by atoms with Crippen LogP contribution >= 0.6 is 15.9 Å². The fraction of sp³-hybridized carbons (Fsp3) is 0.500. The molecule has 1 N–H and O–H groups in total. The third kappa shape index (κ3) is 4.69. The fourth-order valence-corrected chi connectivity index (χ4v) is 1.32. The first-order valence-corrected chi connectivity index (χ1v) is 5.42. The van der Waals surface area contributed by atoms with Crippen LogP contribution in [0.1, 0.15) is 5.56 Å². The van der Waals surface area contributed by atoms with Crippen molar-refractivity contribution in [3.05, 3.63) is 28.5 Å². The number of ether oxygens (including phenoxy) is 1. The van der Waals surface area contributed by atoms with Crippen LogP contribution in [0.4, 0.5) is 0 Å². The van der Waals surface area contributed by atoms with Crippen molar-refractivity contribution in [2.45, 2.75) is 6.42 Å². The van der Waals surface area contributed by atoms with Gasteiger partial charge < -0.3 is 10.1 Å². The molecule has 0 unspecified atom stereocenters. The molecule has 0 saturated heterocycles.